The van der Waals surface area contributed by atoms with Crippen LogP contribution in [0.15, 0.2) is 71.8 Å². The highest BCUT2D eigenvalue weighted by Gasteiger charge is 2.22. The number of carbonyl (C=O) groups is 2. The Kier molecular flexibility index (Phi) is 5.44. The van der Waals surface area contributed by atoms with Crippen molar-refractivity contribution < 1.29 is 14.0 Å². The van der Waals surface area contributed by atoms with Gasteiger partial charge in [0.05, 0.1) is 16.6 Å². The second-order valence-corrected chi connectivity index (χ2v) is 8.15. The van der Waals surface area contributed by atoms with E-state index >= 15 is 4.39 Å². The lowest BCUT2D eigenvalue weighted by Crippen LogP contribution is -2.21. The molecule has 10 nitrogen and oxygen atoms in total. The van der Waals surface area contributed by atoms with Crippen LogP contribution in [0, 0.1) is 5.82 Å². The summed E-state index contributed by atoms with van der Waals surface area (Å²) in [6.45, 7) is 0. The number of aryl methyl sites for hydroxylation is 2. The summed E-state index contributed by atoms with van der Waals surface area (Å²) >= 11 is 0. The van der Waals surface area contributed by atoms with Gasteiger partial charge in [-0.3, -0.25) is 14.3 Å². The summed E-state index contributed by atoms with van der Waals surface area (Å²) in [6.07, 6.45) is 1.41. The Morgan fingerprint density at radius 2 is 1.75 bits per heavy atom. The minimum atomic E-state index is -0.635. The molecule has 11 heteroatoms. The van der Waals surface area contributed by atoms with Gasteiger partial charge in [-0.05, 0) is 48.0 Å². The maximum absolute atomic E-state index is 15.8. The van der Waals surface area contributed by atoms with Crippen LogP contribution in [0.2, 0.25) is 0 Å². The van der Waals surface area contributed by atoms with Crippen molar-refractivity contribution >= 4 is 28.4 Å². The number of aromatic nitrogens is 5. The second-order valence-electron chi connectivity index (χ2n) is 8.15. The van der Waals surface area contributed by atoms with Crippen LogP contribution in [0.1, 0.15) is 20.8 Å². The van der Waals surface area contributed by atoms with Crippen molar-refractivity contribution in [2.75, 3.05) is 5.32 Å². The van der Waals surface area contributed by atoms with E-state index in [0.29, 0.717) is 22.5 Å². The first kappa shape index (κ1) is 22.7. The van der Waals surface area contributed by atoms with Gasteiger partial charge in [-0.1, -0.05) is 18.2 Å². The molecule has 0 unspecified atom stereocenters. The molecule has 5 aromatic rings. The number of hydrogen-bond acceptors (Lipinski definition) is 5. The smallest absolute Gasteiger partial charge is 0.350 e. The van der Waals surface area contributed by atoms with Gasteiger partial charge in [0.25, 0.3) is 5.91 Å². The van der Waals surface area contributed by atoms with Gasteiger partial charge in [0.15, 0.2) is 5.69 Å². The molecule has 180 valence electrons. The van der Waals surface area contributed by atoms with Gasteiger partial charge in [-0.15, -0.1) is 0 Å². The first-order chi connectivity index (χ1) is 17.2. The number of fused-ring (bicyclic) bond motifs is 1. The molecule has 3 aromatic carbocycles. The summed E-state index contributed by atoms with van der Waals surface area (Å²) in [7, 11) is 3.17. The van der Waals surface area contributed by atoms with E-state index in [1.165, 1.54) is 32.4 Å². The number of anilines is 1. The van der Waals surface area contributed by atoms with E-state index in [9.17, 15) is 14.4 Å². The molecule has 3 N–H and O–H groups in total. The summed E-state index contributed by atoms with van der Waals surface area (Å²) in [5.74, 6) is -1.88. The van der Waals surface area contributed by atoms with Crippen LogP contribution >= 0.6 is 0 Å². The van der Waals surface area contributed by atoms with Crippen molar-refractivity contribution in [2.45, 2.75) is 0 Å². The van der Waals surface area contributed by atoms with Crippen molar-refractivity contribution in [1.82, 2.24) is 24.1 Å². The van der Waals surface area contributed by atoms with Gasteiger partial charge in [-0.25, -0.2) is 18.4 Å². The van der Waals surface area contributed by atoms with Gasteiger partial charge in [0, 0.05) is 30.9 Å². The van der Waals surface area contributed by atoms with Crippen LogP contribution < -0.4 is 16.7 Å². The van der Waals surface area contributed by atoms with E-state index in [0.717, 1.165) is 0 Å². The molecule has 0 fully saturated rings. The fraction of sp³-hybridized carbons (Fsp3) is 0.0800. The van der Waals surface area contributed by atoms with Crippen molar-refractivity contribution in [3.63, 3.8) is 0 Å². The molecule has 0 aliphatic heterocycles. The molecule has 0 aliphatic carbocycles. The normalized spacial score (nSPS) is 11.1. The number of primary amides is 1. The summed E-state index contributed by atoms with van der Waals surface area (Å²) in [5, 5.41) is 10.9. The monoisotopic (exact) mass is 485 g/mol. The lowest BCUT2D eigenvalue weighted by atomic mass is 10.0. The number of nitrogens with one attached hydrogen (secondary N) is 1. The highest BCUT2D eigenvalue weighted by Crippen LogP contribution is 2.31. The van der Waals surface area contributed by atoms with Crippen LogP contribution in [0.25, 0.3) is 27.7 Å². The van der Waals surface area contributed by atoms with E-state index in [2.05, 4.69) is 15.5 Å². The maximum Gasteiger partial charge on any atom is 0.350 e. The summed E-state index contributed by atoms with van der Waals surface area (Å²) in [4.78, 5) is 36.6. The summed E-state index contributed by atoms with van der Waals surface area (Å²) in [5.41, 5.74) is 7.30. The Balaban J connectivity index is 1.53. The van der Waals surface area contributed by atoms with Gasteiger partial charge in [0.1, 0.15) is 12.1 Å². The van der Waals surface area contributed by atoms with Gasteiger partial charge >= 0.3 is 5.69 Å². The highest BCUT2D eigenvalue weighted by atomic mass is 19.1. The maximum atomic E-state index is 15.8. The average molecular weight is 485 g/mol. The van der Waals surface area contributed by atoms with Gasteiger partial charge < -0.3 is 11.1 Å². The molecule has 0 saturated heterocycles. The molecule has 36 heavy (non-hydrogen) atoms. The molecule has 0 aliphatic rings. The van der Waals surface area contributed by atoms with Crippen LogP contribution in [-0.4, -0.2) is 35.9 Å². The largest absolute Gasteiger partial charge is 0.366 e. The first-order valence-corrected chi connectivity index (χ1v) is 10.8. The Labute approximate surface area is 203 Å². The van der Waals surface area contributed by atoms with Gasteiger partial charge in [0.2, 0.25) is 5.91 Å². The lowest BCUT2D eigenvalue weighted by molar-refractivity contribution is 0.0995. The van der Waals surface area contributed by atoms with E-state index in [1.54, 1.807) is 62.6 Å². The van der Waals surface area contributed by atoms with Crippen molar-refractivity contribution in [1.29, 1.82) is 0 Å². The van der Waals surface area contributed by atoms with Crippen molar-refractivity contribution in [3.05, 3.63) is 94.5 Å². The minimum Gasteiger partial charge on any atom is -0.366 e. The van der Waals surface area contributed by atoms with E-state index < -0.39 is 17.6 Å². The topological polar surface area (TPSA) is 130 Å². The number of carbonyl (C=O) groups excluding carboxylic acids is 2. The Bertz CT molecular complexity index is 1710. The zero-order chi connectivity index (χ0) is 25.6. The zero-order valence-electron chi connectivity index (χ0n) is 19.3. The Morgan fingerprint density at radius 1 is 1.00 bits per heavy atom. The molecule has 2 aromatic heterocycles. The number of benzene rings is 3. The van der Waals surface area contributed by atoms with E-state index in [4.69, 9.17) is 5.73 Å². The number of hydrogen-bond donors (Lipinski definition) is 2. The molecule has 2 heterocycles. The van der Waals surface area contributed by atoms with Gasteiger partial charge in [-0.2, -0.15) is 10.2 Å². The summed E-state index contributed by atoms with van der Waals surface area (Å²) in [6, 6.07) is 16.2. The Hall–Kier alpha value is -5.06. The standard InChI is InChI=1S/C25H20FN7O3/c1-31-19-11-10-18(14-6-8-17(9-7-14)33-13-28-32(2)25(33)36)21(26)20(19)22(30-31)24(35)29-16-5-3-4-15(12-16)23(27)34/h3-13H,1-2H3,(H2,27,34)(H,29,35). The number of rotatable bonds is 5. The third-order valence-corrected chi connectivity index (χ3v) is 5.86. The van der Waals surface area contributed by atoms with E-state index in [1.807, 2.05) is 0 Å². The fourth-order valence-corrected chi connectivity index (χ4v) is 4.00. The molecule has 0 spiro atoms. The third-order valence-electron chi connectivity index (χ3n) is 5.86. The highest BCUT2D eigenvalue weighted by molar-refractivity contribution is 6.12. The van der Waals surface area contributed by atoms with Crippen molar-refractivity contribution in [2.24, 2.45) is 19.8 Å². The predicted octanol–water partition coefficient (Wildman–Crippen LogP) is 2.62. The fourth-order valence-electron chi connectivity index (χ4n) is 4.00. The molecule has 5 rings (SSSR count). The molecular weight excluding hydrogens is 465 g/mol. The first-order valence-electron chi connectivity index (χ1n) is 10.8. The SMILES string of the molecule is Cn1ncn(-c2ccc(-c3ccc4c(c(C(=O)Nc5cccc(C(N)=O)c5)nn4C)c3F)cc2)c1=O. The number of nitrogens with two attached hydrogens (primary N) is 1. The second kappa shape index (κ2) is 8.62. The van der Waals surface area contributed by atoms with Crippen LogP contribution in [-0.2, 0) is 14.1 Å². The average Bonchev–Trinajstić information content (AvgIpc) is 3.39. The molecule has 2 amide bonds. The van der Waals surface area contributed by atoms with Crippen LogP contribution in [0.3, 0.4) is 0 Å². The minimum absolute atomic E-state index is 0.0612. The third kappa shape index (κ3) is 3.82. The molecular formula is C25H20FN7O3. The molecule has 0 radical (unpaired) electrons. The van der Waals surface area contributed by atoms with E-state index in [-0.39, 0.29) is 27.9 Å². The summed E-state index contributed by atoms with van der Waals surface area (Å²) < 4.78 is 19.8. The molecule has 0 atom stereocenters. The number of nitrogens with zero attached hydrogens (tertiary/aromatic N) is 5. The Morgan fingerprint density at radius 3 is 2.42 bits per heavy atom. The lowest BCUT2D eigenvalue weighted by Gasteiger charge is -2.08. The predicted molar refractivity (Wildman–Crippen MR) is 131 cm³/mol. The molecule has 0 saturated carbocycles. The van der Waals surface area contributed by atoms with Crippen LogP contribution in [0.5, 0.6) is 0 Å². The number of halogens is 1. The molecule has 0 bridgehead atoms. The quantitative estimate of drug-likeness (QED) is 0.395. The number of amides is 2. The zero-order valence-corrected chi connectivity index (χ0v) is 19.3. The van der Waals surface area contributed by atoms with Crippen molar-refractivity contribution in [3.8, 4) is 16.8 Å². The van der Waals surface area contributed by atoms with Crippen LogP contribution in [0.4, 0.5) is 10.1 Å².